The van der Waals surface area contributed by atoms with Gasteiger partial charge in [0.25, 0.3) is 0 Å². The van der Waals surface area contributed by atoms with Crippen molar-refractivity contribution in [1.29, 1.82) is 0 Å². The Bertz CT molecular complexity index is 419. The molecule has 2 rings (SSSR count). The van der Waals surface area contributed by atoms with Crippen LogP contribution in [0, 0.1) is 5.41 Å². The third-order valence-electron chi connectivity index (χ3n) is 4.01. The van der Waals surface area contributed by atoms with Crippen molar-refractivity contribution in [1.82, 2.24) is 10.6 Å². The van der Waals surface area contributed by atoms with Gasteiger partial charge in [0.15, 0.2) is 0 Å². The van der Waals surface area contributed by atoms with E-state index in [-0.39, 0.29) is 0 Å². The van der Waals surface area contributed by atoms with Crippen molar-refractivity contribution in [2.75, 3.05) is 27.2 Å². The van der Waals surface area contributed by atoms with Crippen molar-refractivity contribution in [2.24, 2.45) is 5.41 Å². The first kappa shape index (κ1) is 14.8. The van der Waals surface area contributed by atoms with Crippen LogP contribution in [0.5, 0.6) is 5.75 Å². The second-order valence-corrected chi connectivity index (χ2v) is 6.31. The topological polar surface area (TPSA) is 33.3 Å². The monoisotopic (exact) mass is 326 g/mol. The number of hydrogen-bond acceptors (Lipinski definition) is 3. The first-order valence-electron chi connectivity index (χ1n) is 6.87. The van der Waals surface area contributed by atoms with Crippen LogP contribution in [0.25, 0.3) is 0 Å². The van der Waals surface area contributed by atoms with E-state index < -0.39 is 0 Å². The highest BCUT2D eigenvalue weighted by atomic mass is 79.9. The van der Waals surface area contributed by atoms with E-state index in [1.54, 1.807) is 7.11 Å². The van der Waals surface area contributed by atoms with Crippen LogP contribution in [-0.2, 0) is 6.54 Å². The highest BCUT2D eigenvalue weighted by Crippen LogP contribution is 2.39. The van der Waals surface area contributed by atoms with E-state index in [1.807, 2.05) is 13.1 Å². The minimum absolute atomic E-state index is 0.485. The van der Waals surface area contributed by atoms with Crippen molar-refractivity contribution in [3.8, 4) is 5.75 Å². The lowest BCUT2D eigenvalue weighted by molar-refractivity contribution is 0.130. The zero-order chi connectivity index (χ0) is 13.7. The summed E-state index contributed by atoms with van der Waals surface area (Å²) in [5, 5.41) is 6.91. The molecule has 0 unspecified atom stereocenters. The molecule has 2 N–H and O–H groups in total. The molecule has 0 amide bonds. The minimum atomic E-state index is 0.485. The maximum absolute atomic E-state index is 5.24. The van der Waals surface area contributed by atoms with E-state index in [9.17, 15) is 0 Å². The Hall–Kier alpha value is -0.580. The molecule has 0 aromatic heterocycles. The Morgan fingerprint density at radius 3 is 2.63 bits per heavy atom. The predicted molar refractivity (Wildman–Crippen MR) is 82.6 cm³/mol. The molecule has 1 aliphatic carbocycles. The fourth-order valence-electron chi connectivity index (χ4n) is 2.76. The SMILES string of the molecule is CNCC1(CNCc2ccc(OC)c(Br)c2)CCC1. The molecule has 0 heterocycles. The Morgan fingerprint density at radius 2 is 2.11 bits per heavy atom. The molecule has 4 heteroatoms. The molecule has 1 aromatic rings. The predicted octanol–water partition coefficient (Wildman–Crippen LogP) is 2.94. The molecule has 1 saturated carbocycles. The molecule has 3 nitrogen and oxygen atoms in total. The van der Waals surface area contributed by atoms with Gasteiger partial charge in [-0.2, -0.15) is 0 Å². The van der Waals surface area contributed by atoms with E-state index in [4.69, 9.17) is 4.74 Å². The largest absolute Gasteiger partial charge is 0.496 e. The minimum Gasteiger partial charge on any atom is -0.496 e. The van der Waals surface area contributed by atoms with Gasteiger partial charge in [-0.1, -0.05) is 12.5 Å². The number of benzene rings is 1. The van der Waals surface area contributed by atoms with Crippen LogP contribution in [-0.4, -0.2) is 27.2 Å². The van der Waals surface area contributed by atoms with Crippen molar-refractivity contribution in [2.45, 2.75) is 25.8 Å². The molecule has 0 bridgehead atoms. The first-order chi connectivity index (χ1) is 9.19. The molecule has 0 atom stereocenters. The van der Waals surface area contributed by atoms with Crippen LogP contribution < -0.4 is 15.4 Å². The van der Waals surface area contributed by atoms with Crippen LogP contribution in [0.1, 0.15) is 24.8 Å². The smallest absolute Gasteiger partial charge is 0.133 e. The number of hydrogen-bond donors (Lipinski definition) is 2. The van der Waals surface area contributed by atoms with Crippen molar-refractivity contribution >= 4 is 15.9 Å². The van der Waals surface area contributed by atoms with E-state index in [1.165, 1.54) is 24.8 Å². The Kier molecular flexibility index (Phi) is 5.25. The second kappa shape index (κ2) is 6.73. The molecule has 106 valence electrons. The van der Waals surface area contributed by atoms with Gasteiger partial charge in [-0.15, -0.1) is 0 Å². The Balaban J connectivity index is 1.83. The fraction of sp³-hybridized carbons (Fsp3) is 0.600. The van der Waals surface area contributed by atoms with Gasteiger partial charge < -0.3 is 15.4 Å². The van der Waals surface area contributed by atoms with E-state index in [2.05, 4.69) is 38.7 Å². The van der Waals surface area contributed by atoms with Crippen LogP contribution in [0.3, 0.4) is 0 Å². The molecule has 1 aromatic carbocycles. The third kappa shape index (κ3) is 3.71. The summed E-state index contributed by atoms with van der Waals surface area (Å²) in [6, 6.07) is 6.24. The summed E-state index contributed by atoms with van der Waals surface area (Å²) >= 11 is 3.53. The number of rotatable bonds is 7. The molecular formula is C15H23BrN2O. The first-order valence-corrected chi connectivity index (χ1v) is 7.66. The quantitative estimate of drug-likeness (QED) is 0.808. The summed E-state index contributed by atoms with van der Waals surface area (Å²) in [5.74, 6) is 0.884. The van der Waals surface area contributed by atoms with Crippen molar-refractivity contribution in [3.05, 3.63) is 28.2 Å². The number of halogens is 1. The second-order valence-electron chi connectivity index (χ2n) is 5.46. The Labute approximate surface area is 124 Å². The average Bonchev–Trinajstić information content (AvgIpc) is 2.36. The summed E-state index contributed by atoms with van der Waals surface area (Å²) in [4.78, 5) is 0. The van der Waals surface area contributed by atoms with Crippen molar-refractivity contribution < 1.29 is 4.74 Å². The molecule has 1 fully saturated rings. The molecule has 1 aliphatic rings. The zero-order valence-corrected chi connectivity index (χ0v) is 13.3. The van der Waals surface area contributed by atoms with Gasteiger partial charge >= 0.3 is 0 Å². The van der Waals surface area contributed by atoms with Gasteiger partial charge in [0, 0.05) is 19.6 Å². The Morgan fingerprint density at radius 1 is 1.32 bits per heavy atom. The van der Waals surface area contributed by atoms with Gasteiger partial charge in [0.2, 0.25) is 0 Å². The summed E-state index contributed by atoms with van der Waals surface area (Å²) in [5.41, 5.74) is 1.77. The summed E-state index contributed by atoms with van der Waals surface area (Å²) < 4.78 is 6.26. The lowest BCUT2D eigenvalue weighted by atomic mass is 9.68. The summed E-state index contributed by atoms with van der Waals surface area (Å²) in [6.07, 6.45) is 4.05. The molecule has 19 heavy (non-hydrogen) atoms. The normalized spacial score (nSPS) is 17.0. The average molecular weight is 327 g/mol. The number of methoxy groups -OCH3 is 1. The molecular weight excluding hydrogens is 304 g/mol. The van der Waals surface area contributed by atoms with Crippen LogP contribution in [0.2, 0.25) is 0 Å². The highest BCUT2D eigenvalue weighted by molar-refractivity contribution is 9.10. The highest BCUT2D eigenvalue weighted by Gasteiger charge is 2.35. The van der Waals surface area contributed by atoms with E-state index in [0.29, 0.717) is 5.41 Å². The molecule has 0 saturated heterocycles. The van der Waals surface area contributed by atoms with Crippen LogP contribution in [0.15, 0.2) is 22.7 Å². The van der Waals surface area contributed by atoms with Gasteiger partial charge in [-0.05, 0) is 58.9 Å². The van der Waals surface area contributed by atoms with E-state index in [0.717, 1.165) is 29.9 Å². The molecule has 0 aliphatic heterocycles. The molecule has 0 spiro atoms. The lowest BCUT2D eigenvalue weighted by Gasteiger charge is -2.42. The summed E-state index contributed by atoms with van der Waals surface area (Å²) in [7, 11) is 3.73. The van der Waals surface area contributed by atoms with Gasteiger partial charge in [0.05, 0.1) is 11.6 Å². The maximum atomic E-state index is 5.24. The van der Waals surface area contributed by atoms with Gasteiger partial charge in [-0.3, -0.25) is 0 Å². The van der Waals surface area contributed by atoms with Gasteiger partial charge in [0.1, 0.15) is 5.75 Å². The third-order valence-corrected chi connectivity index (χ3v) is 4.63. The van der Waals surface area contributed by atoms with Gasteiger partial charge in [-0.25, -0.2) is 0 Å². The number of ether oxygens (including phenoxy) is 1. The van der Waals surface area contributed by atoms with E-state index >= 15 is 0 Å². The standard InChI is InChI=1S/C15H23BrN2O/c1-17-10-15(6-3-7-15)11-18-9-12-4-5-14(19-2)13(16)8-12/h4-5,8,17-18H,3,6-7,9-11H2,1-2H3. The zero-order valence-electron chi connectivity index (χ0n) is 11.8. The van der Waals surface area contributed by atoms with Crippen LogP contribution in [0.4, 0.5) is 0 Å². The molecule has 0 radical (unpaired) electrons. The fourth-order valence-corrected chi connectivity index (χ4v) is 3.35. The van der Waals surface area contributed by atoms with Crippen molar-refractivity contribution in [3.63, 3.8) is 0 Å². The number of nitrogens with one attached hydrogen (secondary N) is 2. The van der Waals surface area contributed by atoms with Crippen LogP contribution >= 0.6 is 15.9 Å². The lowest BCUT2D eigenvalue weighted by Crippen LogP contribution is -2.46. The maximum Gasteiger partial charge on any atom is 0.133 e. The summed E-state index contributed by atoms with van der Waals surface area (Å²) in [6.45, 7) is 3.12.